The quantitative estimate of drug-likeness (QED) is 0.525. The zero-order valence-corrected chi connectivity index (χ0v) is 21.5. The number of piperidine rings is 2. The van der Waals surface area contributed by atoms with Crippen molar-refractivity contribution in [3.05, 3.63) is 29.3 Å². The van der Waals surface area contributed by atoms with Gasteiger partial charge < -0.3 is 14.8 Å². The Bertz CT molecular complexity index is 1090. The number of likely N-dealkylation sites (tertiary alicyclic amines) is 1. The van der Waals surface area contributed by atoms with Crippen LogP contribution in [0.2, 0.25) is 0 Å². The van der Waals surface area contributed by atoms with Gasteiger partial charge in [-0.05, 0) is 77.2 Å². The minimum absolute atomic E-state index is 0.0790. The van der Waals surface area contributed by atoms with Crippen LogP contribution in [0, 0.1) is 5.92 Å². The lowest BCUT2D eigenvalue weighted by molar-refractivity contribution is -0.136. The summed E-state index contributed by atoms with van der Waals surface area (Å²) in [5.41, 5.74) is -0.0863. The summed E-state index contributed by atoms with van der Waals surface area (Å²) in [6.45, 7) is 9.01. The van der Waals surface area contributed by atoms with E-state index in [1.165, 1.54) is 6.07 Å². The molecule has 0 aliphatic carbocycles. The zero-order chi connectivity index (χ0) is 26.7. The highest BCUT2D eigenvalue weighted by molar-refractivity contribution is 6.23. The van der Waals surface area contributed by atoms with Crippen molar-refractivity contribution < 1.29 is 33.4 Å². The van der Waals surface area contributed by atoms with Crippen LogP contribution >= 0.6 is 0 Å². The summed E-state index contributed by atoms with van der Waals surface area (Å²) in [6.07, 6.45) is 1.73. The second kappa shape index (κ2) is 10.9. The topological polar surface area (TPSA) is 134 Å². The number of carbonyl (C=O) groups is 5. The van der Waals surface area contributed by atoms with Crippen molar-refractivity contribution in [2.75, 3.05) is 32.8 Å². The molecule has 200 valence electrons. The maximum absolute atomic E-state index is 12.9. The van der Waals surface area contributed by atoms with Gasteiger partial charge in [0.2, 0.25) is 11.8 Å². The molecule has 2 N–H and O–H groups in total. The van der Waals surface area contributed by atoms with Gasteiger partial charge in [-0.3, -0.25) is 34.3 Å². The first-order chi connectivity index (χ1) is 17.5. The summed E-state index contributed by atoms with van der Waals surface area (Å²) < 4.78 is 11.1. The van der Waals surface area contributed by atoms with Crippen LogP contribution in [0.15, 0.2) is 18.2 Å². The van der Waals surface area contributed by atoms with E-state index >= 15 is 0 Å². The molecular formula is C26H34N4O7. The van der Waals surface area contributed by atoms with Crippen molar-refractivity contribution in [2.45, 2.75) is 58.1 Å². The van der Waals surface area contributed by atoms with E-state index in [0.717, 1.165) is 30.8 Å². The highest BCUT2D eigenvalue weighted by Gasteiger charge is 2.44. The minimum Gasteiger partial charge on any atom is -0.492 e. The van der Waals surface area contributed by atoms with Gasteiger partial charge in [0.05, 0.1) is 11.1 Å². The van der Waals surface area contributed by atoms with Gasteiger partial charge in [-0.15, -0.1) is 0 Å². The standard InChI is InChI=1S/C26H34N4O7/c1-26(2,3)37-25(35)27-15-16-8-10-29(11-9-16)12-13-36-17-4-5-18-19(14-17)24(34)30(23(18)33)20-6-7-21(31)28-22(20)32/h4-5,14,16,20H,6-13,15H2,1-3H3,(H,27,35)(H,28,31,32). The van der Waals surface area contributed by atoms with Gasteiger partial charge in [-0.1, -0.05) is 0 Å². The molecule has 11 heteroatoms. The van der Waals surface area contributed by atoms with Crippen molar-refractivity contribution in [3.8, 4) is 5.75 Å². The number of hydrogen-bond donors (Lipinski definition) is 2. The molecule has 0 bridgehead atoms. The average Bonchev–Trinajstić information content (AvgIpc) is 3.07. The Hall–Kier alpha value is -3.47. The third kappa shape index (κ3) is 6.46. The fourth-order valence-corrected chi connectivity index (χ4v) is 4.79. The minimum atomic E-state index is -0.989. The third-order valence-electron chi connectivity index (χ3n) is 6.73. The number of imide groups is 2. The average molecular weight is 515 g/mol. The van der Waals surface area contributed by atoms with E-state index in [2.05, 4.69) is 15.5 Å². The lowest BCUT2D eigenvalue weighted by atomic mass is 9.97. The largest absolute Gasteiger partial charge is 0.492 e. The zero-order valence-electron chi connectivity index (χ0n) is 21.5. The molecule has 1 aromatic carbocycles. The Morgan fingerprint density at radius 2 is 1.76 bits per heavy atom. The summed E-state index contributed by atoms with van der Waals surface area (Å²) >= 11 is 0. The molecule has 1 aromatic rings. The number of rotatable bonds is 7. The molecule has 0 aromatic heterocycles. The highest BCUT2D eigenvalue weighted by atomic mass is 16.6. The molecule has 3 aliphatic rings. The van der Waals surface area contributed by atoms with E-state index in [0.29, 0.717) is 31.4 Å². The fourth-order valence-electron chi connectivity index (χ4n) is 4.79. The first-order valence-electron chi connectivity index (χ1n) is 12.7. The first kappa shape index (κ1) is 26.6. The molecule has 4 rings (SSSR count). The number of alkyl carbamates (subject to hydrolysis) is 1. The van der Waals surface area contributed by atoms with Crippen molar-refractivity contribution in [1.82, 2.24) is 20.4 Å². The maximum Gasteiger partial charge on any atom is 0.407 e. The number of nitrogens with zero attached hydrogens (tertiary/aromatic N) is 2. The van der Waals surface area contributed by atoms with Gasteiger partial charge in [0.25, 0.3) is 11.8 Å². The molecule has 2 fully saturated rings. The number of amides is 5. The van der Waals surface area contributed by atoms with E-state index in [4.69, 9.17) is 9.47 Å². The molecule has 0 radical (unpaired) electrons. The fraction of sp³-hybridized carbons (Fsp3) is 0.577. The molecule has 11 nitrogen and oxygen atoms in total. The number of benzene rings is 1. The Kier molecular flexibility index (Phi) is 7.82. The van der Waals surface area contributed by atoms with Crippen LogP contribution in [-0.2, 0) is 14.3 Å². The summed E-state index contributed by atoms with van der Waals surface area (Å²) in [6, 6.07) is 3.74. The monoisotopic (exact) mass is 514 g/mol. The summed E-state index contributed by atoms with van der Waals surface area (Å²) in [5.74, 6) is -1.26. The van der Waals surface area contributed by atoms with Crippen LogP contribution < -0.4 is 15.4 Å². The van der Waals surface area contributed by atoms with Crippen molar-refractivity contribution >= 4 is 29.7 Å². The molecule has 1 atom stereocenters. The van der Waals surface area contributed by atoms with Crippen LogP contribution in [0.4, 0.5) is 4.79 Å². The van der Waals surface area contributed by atoms with Gasteiger partial charge in [-0.25, -0.2) is 4.79 Å². The highest BCUT2D eigenvalue weighted by Crippen LogP contribution is 2.30. The van der Waals surface area contributed by atoms with Crippen LogP contribution in [0.3, 0.4) is 0 Å². The second-order valence-electron chi connectivity index (χ2n) is 10.7. The van der Waals surface area contributed by atoms with E-state index in [1.807, 2.05) is 20.8 Å². The Labute approximate surface area is 215 Å². The Morgan fingerprint density at radius 3 is 2.43 bits per heavy atom. The molecule has 1 unspecified atom stereocenters. The summed E-state index contributed by atoms with van der Waals surface area (Å²) in [4.78, 5) is 64.4. The molecule has 0 spiro atoms. The van der Waals surface area contributed by atoms with Gasteiger partial charge in [0.1, 0.15) is 24.0 Å². The number of ether oxygens (including phenoxy) is 2. The Morgan fingerprint density at radius 1 is 1.05 bits per heavy atom. The van der Waals surface area contributed by atoms with Gasteiger partial charge in [0, 0.05) is 19.5 Å². The van der Waals surface area contributed by atoms with Crippen molar-refractivity contribution in [1.29, 1.82) is 0 Å². The SMILES string of the molecule is CC(C)(C)OC(=O)NCC1CCN(CCOc2ccc3c(c2)C(=O)N(C2CCC(=O)NC2=O)C3=O)CC1. The second-order valence-corrected chi connectivity index (χ2v) is 10.7. The normalized spacial score (nSPS) is 21.1. The lowest BCUT2D eigenvalue weighted by Gasteiger charge is -2.32. The summed E-state index contributed by atoms with van der Waals surface area (Å²) in [5, 5.41) is 5.04. The molecular weight excluding hydrogens is 480 g/mol. The molecule has 0 saturated carbocycles. The van der Waals surface area contributed by atoms with Crippen LogP contribution in [0.1, 0.15) is 67.2 Å². The number of carbonyl (C=O) groups excluding carboxylic acids is 5. The van der Waals surface area contributed by atoms with E-state index in [-0.39, 0.29) is 24.0 Å². The number of fused-ring (bicyclic) bond motifs is 1. The molecule has 3 aliphatic heterocycles. The number of hydrogen-bond acceptors (Lipinski definition) is 8. The predicted octanol–water partition coefficient (Wildman–Crippen LogP) is 1.70. The molecule has 3 heterocycles. The van der Waals surface area contributed by atoms with E-state index < -0.39 is 41.4 Å². The van der Waals surface area contributed by atoms with E-state index in [1.54, 1.807) is 12.1 Å². The third-order valence-corrected chi connectivity index (χ3v) is 6.73. The Balaban J connectivity index is 1.22. The van der Waals surface area contributed by atoms with Gasteiger partial charge in [-0.2, -0.15) is 0 Å². The van der Waals surface area contributed by atoms with Crippen LogP contribution in [0.5, 0.6) is 5.75 Å². The lowest BCUT2D eigenvalue weighted by Crippen LogP contribution is -2.54. The van der Waals surface area contributed by atoms with Crippen LogP contribution in [-0.4, -0.2) is 84.0 Å². The summed E-state index contributed by atoms with van der Waals surface area (Å²) in [7, 11) is 0. The first-order valence-corrected chi connectivity index (χ1v) is 12.7. The van der Waals surface area contributed by atoms with Crippen LogP contribution in [0.25, 0.3) is 0 Å². The molecule has 2 saturated heterocycles. The van der Waals surface area contributed by atoms with E-state index in [9.17, 15) is 24.0 Å². The predicted molar refractivity (Wildman–Crippen MR) is 132 cm³/mol. The van der Waals surface area contributed by atoms with Crippen molar-refractivity contribution in [2.24, 2.45) is 5.92 Å². The maximum atomic E-state index is 12.9. The molecule has 37 heavy (non-hydrogen) atoms. The smallest absolute Gasteiger partial charge is 0.407 e. The molecule has 5 amide bonds. The number of nitrogens with one attached hydrogen (secondary N) is 2. The van der Waals surface area contributed by atoms with Crippen molar-refractivity contribution in [3.63, 3.8) is 0 Å². The van der Waals surface area contributed by atoms with Gasteiger partial charge in [0.15, 0.2) is 0 Å². The van der Waals surface area contributed by atoms with Gasteiger partial charge >= 0.3 is 6.09 Å².